The highest BCUT2D eigenvalue weighted by molar-refractivity contribution is 4.79. The monoisotopic (exact) mass is 239 g/mol. The third kappa shape index (κ3) is 5.90. The summed E-state index contributed by atoms with van der Waals surface area (Å²) in [5.74, 6) is 1.06. The zero-order valence-corrected chi connectivity index (χ0v) is 12.5. The van der Waals surface area contributed by atoms with E-state index in [4.69, 9.17) is 0 Å². The van der Waals surface area contributed by atoms with Gasteiger partial charge in [0.25, 0.3) is 0 Å². The summed E-state index contributed by atoms with van der Waals surface area (Å²) in [6.45, 7) is 7.03. The molecule has 0 amide bonds. The molecule has 0 aromatic heterocycles. The molecular formula is C16H33N. The van der Waals surface area contributed by atoms with Gasteiger partial charge in [0.05, 0.1) is 0 Å². The van der Waals surface area contributed by atoms with E-state index >= 15 is 0 Å². The van der Waals surface area contributed by atoms with Gasteiger partial charge in [-0.1, -0.05) is 72.1 Å². The molecule has 1 atom stereocenters. The van der Waals surface area contributed by atoms with Crippen LogP contribution in [0.2, 0.25) is 0 Å². The van der Waals surface area contributed by atoms with E-state index in [9.17, 15) is 0 Å². The van der Waals surface area contributed by atoms with Crippen molar-refractivity contribution in [3.8, 4) is 0 Å². The molecule has 1 heteroatoms. The first-order valence-corrected chi connectivity index (χ1v) is 7.71. The van der Waals surface area contributed by atoms with Crippen LogP contribution in [0.5, 0.6) is 0 Å². The fraction of sp³-hybridized carbons (Fsp3) is 1.00. The normalized spacial score (nSPS) is 20.5. The average molecular weight is 239 g/mol. The fourth-order valence-electron chi connectivity index (χ4n) is 3.27. The summed E-state index contributed by atoms with van der Waals surface area (Å²) in [6, 6.07) is 0.675. The lowest BCUT2D eigenvalue weighted by Crippen LogP contribution is -2.37. The zero-order valence-electron chi connectivity index (χ0n) is 12.5. The Labute approximate surface area is 109 Å². The van der Waals surface area contributed by atoms with Crippen molar-refractivity contribution in [3.63, 3.8) is 0 Å². The van der Waals surface area contributed by atoms with Gasteiger partial charge in [-0.3, -0.25) is 0 Å². The number of nitrogens with one attached hydrogen (secondary N) is 1. The van der Waals surface area contributed by atoms with Crippen LogP contribution in [0.15, 0.2) is 0 Å². The van der Waals surface area contributed by atoms with Gasteiger partial charge in [0.2, 0.25) is 0 Å². The number of rotatable bonds is 6. The first-order valence-electron chi connectivity index (χ1n) is 7.71. The molecule has 1 unspecified atom stereocenters. The molecule has 0 bridgehead atoms. The molecule has 17 heavy (non-hydrogen) atoms. The Morgan fingerprint density at radius 2 is 1.71 bits per heavy atom. The first kappa shape index (κ1) is 15.0. The third-order valence-electron chi connectivity index (χ3n) is 4.47. The zero-order chi connectivity index (χ0) is 12.7. The van der Waals surface area contributed by atoms with Crippen LogP contribution in [0.4, 0.5) is 0 Å². The molecule has 0 radical (unpaired) electrons. The van der Waals surface area contributed by atoms with Gasteiger partial charge in [-0.15, -0.1) is 0 Å². The molecule has 1 nitrogen and oxygen atoms in total. The van der Waals surface area contributed by atoms with Gasteiger partial charge < -0.3 is 5.32 Å². The maximum atomic E-state index is 3.48. The van der Waals surface area contributed by atoms with Gasteiger partial charge >= 0.3 is 0 Å². The van der Waals surface area contributed by atoms with Gasteiger partial charge in [-0.25, -0.2) is 0 Å². The Balaban J connectivity index is 2.10. The lowest BCUT2D eigenvalue weighted by molar-refractivity contribution is 0.256. The van der Waals surface area contributed by atoms with E-state index in [2.05, 4.69) is 33.1 Å². The minimum Gasteiger partial charge on any atom is -0.316 e. The van der Waals surface area contributed by atoms with Gasteiger partial charge in [-0.2, -0.15) is 0 Å². The van der Waals surface area contributed by atoms with Crippen molar-refractivity contribution in [1.82, 2.24) is 5.32 Å². The minimum absolute atomic E-state index is 0.402. The molecular weight excluding hydrogens is 206 g/mol. The largest absolute Gasteiger partial charge is 0.316 e. The Kier molecular flexibility index (Phi) is 6.54. The van der Waals surface area contributed by atoms with E-state index in [1.165, 1.54) is 57.8 Å². The van der Waals surface area contributed by atoms with Gasteiger partial charge in [0.15, 0.2) is 0 Å². The molecule has 102 valence electrons. The molecule has 0 aliphatic heterocycles. The fourth-order valence-corrected chi connectivity index (χ4v) is 3.27. The first-order chi connectivity index (χ1) is 8.04. The maximum Gasteiger partial charge on any atom is 0.0113 e. The number of hydrogen-bond acceptors (Lipinski definition) is 1. The second kappa shape index (κ2) is 7.41. The van der Waals surface area contributed by atoms with Crippen LogP contribution in [0.25, 0.3) is 0 Å². The second-order valence-electron chi connectivity index (χ2n) is 7.00. The highest BCUT2D eigenvalue weighted by Crippen LogP contribution is 2.29. The predicted octanol–water partition coefficient (Wildman–Crippen LogP) is 4.76. The molecule has 1 rings (SSSR count). The molecule has 0 aromatic carbocycles. The van der Waals surface area contributed by atoms with E-state index in [0.29, 0.717) is 11.5 Å². The number of hydrogen-bond donors (Lipinski definition) is 1. The summed E-state index contributed by atoms with van der Waals surface area (Å²) in [5.41, 5.74) is 0.402. The molecule has 1 aliphatic carbocycles. The summed E-state index contributed by atoms with van der Waals surface area (Å²) in [7, 11) is 2.11. The van der Waals surface area contributed by atoms with Crippen LogP contribution >= 0.6 is 0 Å². The van der Waals surface area contributed by atoms with Gasteiger partial charge in [0.1, 0.15) is 0 Å². The molecule has 1 aliphatic rings. The van der Waals surface area contributed by atoms with E-state index in [1.54, 1.807) is 0 Å². The van der Waals surface area contributed by atoms with Crippen LogP contribution in [-0.2, 0) is 0 Å². The van der Waals surface area contributed by atoms with Crippen molar-refractivity contribution in [2.45, 2.75) is 84.6 Å². The Hall–Kier alpha value is -0.0400. The molecule has 0 aromatic rings. The highest BCUT2D eigenvalue weighted by Gasteiger charge is 2.22. The highest BCUT2D eigenvalue weighted by atomic mass is 14.9. The van der Waals surface area contributed by atoms with Crippen molar-refractivity contribution in [2.24, 2.45) is 11.3 Å². The third-order valence-corrected chi connectivity index (χ3v) is 4.47. The smallest absolute Gasteiger partial charge is 0.0113 e. The molecule has 1 saturated carbocycles. The van der Waals surface area contributed by atoms with Crippen molar-refractivity contribution in [3.05, 3.63) is 0 Å². The lowest BCUT2D eigenvalue weighted by atomic mass is 9.82. The van der Waals surface area contributed by atoms with E-state index in [1.807, 2.05) is 0 Å². The Morgan fingerprint density at radius 1 is 1.06 bits per heavy atom. The molecule has 1 fully saturated rings. The maximum absolute atomic E-state index is 3.48. The lowest BCUT2D eigenvalue weighted by Gasteiger charge is -2.30. The van der Waals surface area contributed by atoms with Crippen LogP contribution in [0.1, 0.15) is 78.6 Å². The van der Waals surface area contributed by atoms with Crippen molar-refractivity contribution in [1.29, 1.82) is 0 Å². The molecule has 0 heterocycles. The second-order valence-corrected chi connectivity index (χ2v) is 7.00. The quantitative estimate of drug-likeness (QED) is 0.659. The van der Waals surface area contributed by atoms with Crippen molar-refractivity contribution < 1.29 is 0 Å². The summed E-state index contributed by atoms with van der Waals surface area (Å²) in [6.07, 6.45) is 13.2. The molecule has 0 saturated heterocycles. The summed E-state index contributed by atoms with van der Waals surface area (Å²) < 4.78 is 0. The predicted molar refractivity (Wildman–Crippen MR) is 77.3 cm³/mol. The van der Waals surface area contributed by atoms with E-state index in [-0.39, 0.29) is 0 Å². The van der Waals surface area contributed by atoms with Crippen molar-refractivity contribution in [2.75, 3.05) is 7.05 Å². The van der Waals surface area contributed by atoms with Crippen LogP contribution < -0.4 is 5.32 Å². The van der Waals surface area contributed by atoms with E-state index < -0.39 is 0 Å². The van der Waals surface area contributed by atoms with Crippen LogP contribution in [0.3, 0.4) is 0 Å². The number of unbranched alkanes of at least 4 members (excludes halogenated alkanes) is 1. The average Bonchev–Trinajstić information content (AvgIpc) is 2.28. The van der Waals surface area contributed by atoms with E-state index in [0.717, 1.165) is 5.92 Å². The summed E-state index contributed by atoms with van der Waals surface area (Å²) in [5, 5.41) is 3.48. The topological polar surface area (TPSA) is 12.0 Å². The molecule has 0 spiro atoms. The standard InChI is InChI=1S/C16H33N/c1-16(2,3)15(17-4)13-9-8-12-14-10-6-5-7-11-14/h14-15,17H,5-13H2,1-4H3. The van der Waals surface area contributed by atoms with Crippen molar-refractivity contribution >= 4 is 0 Å². The van der Waals surface area contributed by atoms with Gasteiger partial charge in [-0.05, 0) is 24.8 Å². The summed E-state index contributed by atoms with van der Waals surface area (Å²) >= 11 is 0. The Morgan fingerprint density at radius 3 is 2.24 bits per heavy atom. The Bertz CT molecular complexity index is 186. The van der Waals surface area contributed by atoms with Crippen LogP contribution in [-0.4, -0.2) is 13.1 Å². The minimum atomic E-state index is 0.402. The summed E-state index contributed by atoms with van der Waals surface area (Å²) in [4.78, 5) is 0. The molecule has 1 N–H and O–H groups in total. The van der Waals surface area contributed by atoms with Gasteiger partial charge in [0, 0.05) is 6.04 Å². The van der Waals surface area contributed by atoms with Crippen LogP contribution in [0, 0.1) is 11.3 Å². The SMILES string of the molecule is CNC(CCCCC1CCCCC1)C(C)(C)C.